The summed E-state index contributed by atoms with van der Waals surface area (Å²) in [5.41, 5.74) is 1.39. The zero-order valence-corrected chi connectivity index (χ0v) is 10.8. The van der Waals surface area contributed by atoms with Gasteiger partial charge in [0.2, 0.25) is 0 Å². The minimum Gasteiger partial charge on any atom is -0.377 e. The second-order valence-electron chi connectivity index (χ2n) is 3.51. The van der Waals surface area contributed by atoms with E-state index in [1.54, 1.807) is 12.4 Å². The third-order valence-corrected chi connectivity index (χ3v) is 2.84. The van der Waals surface area contributed by atoms with Crippen molar-refractivity contribution < 1.29 is 0 Å². The SMILES string of the molecule is Cn1cnnc1CNc1cc(Br)ccc1C#N. The van der Waals surface area contributed by atoms with Crippen LogP contribution in [0.25, 0.3) is 0 Å². The molecule has 5 nitrogen and oxygen atoms in total. The highest BCUT2D eigenvalue weighted by molar-refractivity contribution is 9.10. The summed E-state index contributed by atoms with van der Waals surface area (Å²) in [6, 6.07) is 7.62. The summed E-state index contributed by atoms with van der Waals surface area (Å²) < 4.78 is 2.76. The average Bonchev–Trinajstić information content (AvgIpc) is 2.72. The van der Waals surface area contributed by atoms with Crippen LogP contribution in [0.1, 0.15) is 11.4 Å². The molecule has 1 heterocycles. The molecule has 6 heteroatoms. The molecule has 0 spiro atoms. The van der Waals surface area contributed by atoms with Crippen molar-refractivity contribution in [3.05, 3.63) is 40.4 Å². The van der Waals surface area contributed by atoms with Crippen LogP contribution in [0.3, 0.4) is 0 Å². The molecule has 0 saturated carbocycles. The van der Waals surface area contributed by atoms with E-state index in [9.17, 15) is 0 Å². The molecule has 2 aromatic rings. The van der Waals surface area contributed by atoms with E-state index in [0.29, 0.717) is 12.1 Å². The van der Waals surface area contributed by atoms with E-state index >= 15 is 0 Å². The highest BCUT2D eigenvalue weighted by Crippen LogP contribution is 2.21. The molecule has 1 N–H and O–H groups in total. The van der Waals surface area contributed by atoms with E-state index in [4.69, 9.17) is 5.26 Å². The molecule has 0 unspecified atom stereocenters. The summed E-state index contributed by atoms with van der Waals surface area (Å²) in [6.07, 6.45) is 1.64. The Kier molecular flexibility index (Phi) is 3.40. The standard InChI is InChI=1S/C11H10BrN5/c1-17-7-15-16-11(17)6-14-10-4-9(12)3-2-8(10)5-13/h2-4,7,14H,6H2,1H3. The summed E-state index contributed by atoms with van der Waals surface area (Å²) in [4.78, 5) is 0. The predicted octanol–water partition coefficient (Wildman–Crippen LogP) is 2.06. The van der Waals surface area contributed by atoms with Crippen LogP contribution in [-0.2, 0) is 13.6 Å². The van der Waals surface area contributed by atoms with Gasteiger partial charge < -0.3 is 9.88 Å². The maximum atomic E-state index is 8.98. The minimum atomic E-state index is 0.529. The Labute approximate surface area is 107 Å². The Balaban J connectivity index is 2.17. The largest absolute Gasteiger partial charge is 0.377 e. The molecule has 1 aromatic heterocycles. The second kappa shape index (κ2) is 4.97. The number of aryl methyl sites for hydroxylation is 1. The fourth-order valence-electron chi connectivity index (χ4n) is 1.40. The van der Waals surface area contributed by atoms with Gasteiger partial charge in [0.25, 0.3) is 0 Å². The lowest BCUT2D eigenvalue weighted by Crippen LogP contribution is -2.06. The van der Waals surface area contributed by atoms with Crippen LogP contribution in [0.15, 0.2) is 29.0 Å². The highest BCUT2D eigenvalue weighted by Gasteiger charge is 2.04. The molecule has 0 aliphatic rings. The number of halogens is 1. The maximum Gasteiger partial charge on any atom is 0.151 e. The molecule has 2 rings (SSSR count). The van der Waals surface area contributed by atoms with Crippen molar-refractivity contribution in [3.63, 3.8) is 0 Å². The summed E-state index contributed by atoms with van der Waals surface area (Å²) in [5, 5.41) is 19.9. The normalized spacial score (nSPS) is 9.94. The van der Waals surface area contributed by atoms with Gasteiger partial charge >= 0.3 is 0 Å². The molecule has 0 radical (unpaired) electrons. The third-order valence-electron chi connectivity index (χ3n) is 2.34. The van der Waals surface area contributed by atoms with Crippen LogP contribution in [0.4, 0.5) is 5.69 Å². The number of hydrogen-bond donors (Lipinski definition) is 1. The van der Waals surface area contributed by atoms with Crippen LogP contribution >= 0.6 is 15.9 Å². The summed E-state index contributed by atoms with van der Waals surface area (Å²) in [6.45, 7) is 0.529. The Morgan fingerprint density at radius 3 is 3.00 bits per heavy atom. The van der Waals surface area contributed by atoms with Gasteiger partial charge in [-0.3, -0.25) is 0 Å². The fourth-order valence-corrected chi connectivity index (χ4v) is 1.76. The fraction of sp³-hybridized carbons (Fsp3) is 0.182. The number of rotatable bonds is 3. The monoisotopic (exact) mass is 291 g/mol. The zero-order valence-electron chi connectivity index (χ0n) is 9.18. The molecule has 0 aliphatic heterocycles. The Morgan fingerprint density at radius 2 is 2.35 bits per heavy atom. The van der Waals surface area contributed by atoms with E-state index in [1.165, 1.54) is 0 Å². The second-order valence-corrected chi connectivity index (χ2v) is 4.43. The Bertz CT molecular complexity index is 569. The van der Waals surface area contributed by atoms with Crippen LogP contribution < -0.4 is 5.32 Å². The van der Waals surface area contributed by atoms with Gasteiger partial charge in [-0.25, -0.2) is 0 Å². The molecule has 1 aromatic carbocycles. The third kappa shape index (κ3) is 2.63. The number of nitriles is 1. The molecular weight excluding hydrogens is 282 g/mol. The molecule has 0 amide bonds. The van der Waals surface area contributed by atoms with Gasteiger partial charge in [-0.1, -0.05) is 15.9 Å². The first-order valence-corrected chi connectivity index (χ1v) is 5.76. The average molecular weight is 292 g/mol. The molecule has 0 bridgehead atoms. The zero-order chi connectivity index (χ0) is 12.3. The maximum absolute atomic E-state index is 8.98. The van der Waals surface area contributed by atoms with E-state index < -0.39 is 0 Å². The molecule has 0 fully saturated rings. The van der Waals surface area contributed by atoms with E-state index in [1.807, 2.05) is 23.7 Å². The molecule has 0 atom stereocenters. The highest BCUT2D eigenvalue weighted by atomic mass is 79.9. The van der Waals surface area contributed by atoms with Gasteiger partial charge in [0, 0.05) is 11.5 Å². The van der Waals surface area contributed by atoms with Crippen LogP contribution in [0, 0.1) is 11.3 Å². The van der Waals surface area contributed by atoms with Gasteiger partial charge in [-0.05, 0) is 18.2 Å². The summed E-state index contributed by atoms with van der Waals surface area (Å²) >= 11 is 3.38. The van der Waals surface area contributed by atoms with Crippen molar-refractivity contribution in [2.24, 2.45) is 7.05 Å². The topological polar surface area (TPSA) is 66.5 Å². The molecule has 0 saturated heterocycles. The molecule has 86 valence electrons. The van der Waals surface area contributed by atoms with Crippen molar-refractivity contribution in [1.29, 1.82) is 5.26 Å². The smallest absolute Gasteiger partial charge is 0.151 e. The number of anilines is 1. The lowest BCUT2D eigenvalue weighted by molar-refractivity contribution is 0.812. The first-order chi connectivity index (χ1) is 8.20. The Hall–Kier alpha value is -1.87. The van der Waals surface area contributed by atoms with Crippen molar-refractivity contribution in [2.45, 2.75) is 6.54 Å². The van der Waals surface area contributed by atoms with Crippen molar-refractivity contribution in [1.82, 2.24) is 14.8 Å². The van der Waals surface area contributed by atoms with Crippen molar-refractivity contribution in [3.8, 4) is 6.07 Å². The molecule has 17 heavy (non-hydrogen) atoms. The summed E-state index contributed by atoms with van der Waals surface area (Å²) in [5.74, 6) is 0.814. The number of nitrogens with zero attached hydrogens (tertiary/aromatic N) is 4. The first kappa shape index (κ1) is 11.6. The number of aromatic nitrogens is 3. The van der Waals surface area contributed by atoms with Crippen LogP contribution in [0.2, 0.25) is 0 Å². The summed E-state index contributed by atoms with van der Waals surface area (Å²) in [7, 11) is 1.88. The quantitative estimate of drug-likeness (QED) is 0.940. The van der Waals surface area contributed by atoms with E-state index in [0.717, 1.165) is 16.0 Å². The number of hydrogen-bond acceptors (Lipinski definition) is 4. The van der Waals surface area contributed by atoms with Gasteiger partial charge in [0.1, 0.15) is 12.4 Å². The van der Waals surface area contributed by atoms with Crippen molar-refractivity contribution >= 4 is 21.6 Å². The molecule has 0 aliphatic carbocycles. The Morgan fingerprint density at radius 1 is 1.53 bits per heavy atom. The first-order valence-electron chi connectivity index (χ1n) is 4.97. The van der Waals surface area contributed by atoms with Gasteiger partial charge in [0.15, 0.2) is 5.82 Å². The van der Waals surface area contributed by atoms with Crippen LogP contribution in [-0.4, -0.2) is 14.8 Å². The molecular formula is C11H10BrN5. The van der Waals surface area contributed by atoms with Gasteiger partial charge in [0.05, 0.1) is 17.8 Å². The van der Waals surface area contributed by atoms with E-state index in [2.05, 4.69) is 37.5 Å². The van der Waals surface area contributed by atoms with E-state index in [-0.39, 0.29) is 0 Å². The number of benzene rings is 1. The lowest BCUT2D eigenvalue weighted by atomic mass is 10.2. The predicted molar refractivity (Wildman–Crippen MR) is 67.2 cm³/mol. The van der Waals surface area contributed by atoms with Gasteiger partial charge in [-0.2, -0.15) is 5.26 Å². The lowest BCUT2D eigenvalue weighted by Gasteiger charge is -2.07. The van der Waals surface area contributed by atoms with Crippen LogP contribution in [0.5, 0.6) is 0 Å². The minimum absolute atomic E-state index is 0.529. The van der Waals surface area contributed by atoms with Crippen molar-refractivity contribution in [2.75, 3.05) is 5.32 Å². The van der Waals surface area contributed by atoms with Gasteiger partial charge in [-0.15, -0.1) is 10.2 Å². The number of nitrogens with one attached hydrogen (secondary N) is 1.